The molecule has 0 unspecified atom stereocenters. The van der Waals surface area contributed by atoms with Crippen LogP contribution in [-0.4, -0.2) is 26.4 Å². The van der Waals surface area contributed by atoms with E-state index in [2.05, 4.69) is 22.4 Å². The molecule has 0 atom stereocenters. The number of anilines is 1. The Labute approximate surface area is 130 Å². The highest BCUT2D eigenvalue weighted by atomic mass is 32.2. The summed E-state index contributed by atoms with van der Waals surface area (Å²) in [7, 11) is 0. The van der Waals surface area contributed by atoms with Crippen LogP contribution < -0.4 is 5.32 Å². The number of aromatic nitrogens is 3. The van der Waals surface area contributed by atoms with E-state index in [9.17, 15) is 4.79 Å². The number of nitrogens with one attached hydrogen (secondary N) is 1. The lowest BCUT2D eigenvalue weighted by Gasteiger charge is -2.04. The van der Waals surface area contributed by atoms with E-state index in [0.717, 1.165) is 21.0 Å². The van der Waals surface area contributed by atoms with Crippen LogP contribution >= 0.6 is 23.1 Å². The summed E-state index contributed by atoms with van der Waals surface area (Å²) in [6, 6.07) is 9.99. The third-order valence-corrected chi connectivity index (χ3v) is 4.77. The molecular weight excluding hydrogens is 304 g/mol. The van der Waals surface area contributed by atoms with Gasteiger partial charge in [0.1, 0.15) is 6.54 Å². The van der Waals surface area contributed by atoms with Gasteiger partial charge in [0.15, 0.2) is 4.34 Å². The molecule has 108 valence electrons. The van der Waals surface area contributed by atoms with Gasteiger partial charge in [-0.3, -0.25) is 10.1 Å². The van der Waals surface area contributed by atoms with Gasteiger partial charge >= 0.3 is 0 Å². The quantitative estimate of drug-likeness (QED) is 0.579. The number of hydrogen-bond acceptors (Lipinski definition) is 5. The van der Waals surface area contributed by atoms with Crippen LogP contribution in [0.2, 0.25) is 0 Å². The third kappa shape index (κ3) is 3.25. The molecule has 0 radical (unpaired) electrons. The van der Waals surface area contributed by atoms with Gasteiger partial charge in [-0.25, -0.2) is 0 Å². The summed E-state index contributed by atoms with van der Waals surface area (Å²) in [6.07, 6.45) is 1.92. The summed E-state index contributed by atoms with van der Waals surface area (Å²) >= 11 is 3.02. The lowest BCUT2D eigenvalue weighted by molar-refractivity contribution is -0.116. The molecule has 1 amide bonds. The second kappa shape index (κ2) is 6.28. The molecule has 0 bridgehead atoms. The molecule has 0 aliphatic carbocycles. The maximum atomic E-state index is 12.1. The Morgan fingerprint density at radius 3 is 3.05 bits per heavy atom. The van der Waals surface area contributed by atoms with Crippen molar-refractivity contribution in [1.82, 2.24) is 14.8 Å². The number of fused-ring (bicyclic) bond motifs is 1. The monoisotopic (exact) mass is 318 g/mol. The van der Waals surface area contributed by atoms with Gasteiger partial charge in [-0.2, -0.15) is 0 Å². The molecule has 0 saturated carbocycles. The molecule has 5 nitrogen and oxygen atoms in total. The number of carbonyl (C=O) groups is 1. The minimum atomic E-state index is -0.0967. The van der Waals surface area contributed by atoms with Crippen molar-refractivity contribution < 1.29 is 4.79 Å². The summed E-state index contributed by atoms with van der Waals surface area (Å²) in [5.41, 5.74) is 1.05. The van der Waals surface area contributed by atoms with Gasteiger partial charge in [0.2, 0.25) is 11.0 Å². The zero-order valence-electron chi connectivity index (χ0n) is 11.4. The average molecular weight is 318 g/mol. The van der Waals surface area contributed by atoms with Crippen LogP contribution in [0.3, 0.4) is 0 Å². The fourth-order valence-electron chi connectivity index (χ4n) is 2.03. The topological polar surface area (TPSA) is 59.8 Å². The predicted octanol–water partition coefficient (Wildman–Crippen LogP) is 3.24. The highest BCUT2D eigenvalue weighted by Crippen LogP contribution is 2.25. The van der Waals surface area contributed by atoms with Gasteiger partial charge in [-0.1, -0.05) is 48.2 Å². The summed E-state index contributed by atoms with van der Waals surface area (Å²) in [5, 5.41) is 12.5. The van der Waals surface area contributed by atoms with Crippen molar-refractivity contribution in [3.63, 3.8) is 0 Å². The summed E-state index contributed by atoms with van der Waals surface area (Å²) in [6.45, 7) is 2.32. The average Bonchev–Trinajstić information content (AvgIpc) is 3.07. The molecule has 0 saturated heterocycles. The number of thioether (sulfide) groups is 1. The van der Waals surface area contributed by atoms with E-state index in [4.69, 9.17) is 0 Å². The van der Waals surface area contributed by atoms with Crippen LogP contribution in [0.5, 0.6) is 0 Å². The Hall–Kier alpha value is -1.86. The van der Waals surface area contributed by atoms with Crippen LogP contribution in [0.25, 0.3) is 10.9 Å². The largest absolute Gasteiger partial charge is 0.338 e. The Balaban J connectivity index is 1.68. The smallest absolute Gasteiger partial charge is 0.246 e. The second-order valence-electron chi connectivity index (χ2n) is 4.36. The molecule has 21 heavy (non-hydrogen) atoms. The van der Waals surface area contributed by atoms with Gasteiger partial charge < -0.3 is 4.57 Å². The normalized spacial score (nSPS) is 10.9. The number of amides is 1. The highest BCUT2D eigenvalue weighted by Gasteiger charge is 2.10. The van der Waals surface area contributed by atoms with Gasteiger partial charge in [-0.05, 0) is 23.3 Å². The van der Waals surface area contributed by atoms with E-state index in [0.29, 0.717) is 5.13 Å². The minimum Gasteiger partial charge on any atom is -0.338 e. The van der Waals surface area contributed by atoms with Crippen molar-refractivity contribution >= 4 is 45.0 Å². The second-order valence-corrected chi connectivity index (χ2v) is 6.85. The maximum absolute atomic E-state index is 12.1. The van der Waals surface area contributed by atoms with E-state index in [-0.39, 0.29) is 12.5 Å². The van der Waals surface area contributed by atoms with Crippen molar-refractivity contribution in [3.8, 4) is 0 Å². The molecule has 3 rings (SSSR count). The molecule has 0 aliphatic rings. The molecule has 0 spiro atoms. The first-order valence-electron chi connectivity index (χ1n) is 6.56. The first-order chi connectivity index (χ1) is 10.3. The maximum Gasteiger partial charge on any atom is 0.246 e. The summed E-state index contributed by atoms with van der Waals surface area (Å²) < 4.78 is 2.80. The molecule has 2 heterocycles. The standard InChI is InChI=1S/C14H14N4OS2/c1-2-20-14-17-16-13(21-14)15-12(19)9-18-8-7-10-5-3-4-6-11(10)18/h3-8H,2,9H2,1H3,(H,15,16,19). The molecule has 1 N–H and O–H groups in total. The first kappa shape index (κ1) is 14.1. The van der Waals surface area contributed by atoms with E-state index in [1.54, 1.807) is 11.8 Å². The van der Waals surface area contributed by atoms with Gasteiger partial charge in [0.05, 0.1) is 0 Å². The number of para-hydroxylation sites is 1. The van der Waals surface area contributed by atoms with E-state index < -0.39 is 0 Å². The van der Waals surface area contributed by atoms with E-state index in [1.165, 1.54) is 11.3 Å². The molecular formula is C14H14N4OS2. The first-order valence-corrected chi connectivity index (χ1v) is 8.36. The molecule has 7 heteroatoms. The van der Waals surface area contributed by atoms with Crippen molar-refractivity contribution in [2.45, 2.75) is 17.8 Å². The van der Waals surface area contributed by atoms with Crippen LogP contribution in [0, 0.1) is 0 Å². The van der Waals surface area contributed by atoms with Crippen LogP contribution in [0.1, 0.15) is 6.92 Å². The Kier molecular flexibility index (Phi) is 4.21. The zero-order chi connectivity index (χ0) is 14.7. The van der Waals surface area contributed by atoms with Crippen LogP contribution in [0.4, 0.5) is 5.13 Å². The Morgan fingerprint density at radius 2 is 2.19 bits per heavy atom. The van der Waals surface area contributed by atoms with Crippen LogP contribution in [0.15, 0.2) is 40.9 Å². The van der Waals surface area contributed by atoms with E-state index >= 15 is 0 Å². The number of nitrogens with zero attached hydrogens (tertiary/aromatic N) is 3. The molecule has 2 aromatic heterocycles. The lowest BCUT2D eigenvalue weighted by atomic mass is 10.2. The van der Waals surface area contributed by atoms with Crippen LogP contribution in [-0.2, 0) is 11.3 Å². The molecule has 0 fully saturated rings. The molecule has 0 aliphatic heterocycles. The van der Waals surface area contributed by atoms with Crippen molar-refractivity contribution in [2.24, 2.45) is 0 Å². The Morgan fingerprint density at radius 1 is 1.33 bits per heavy atom. The number of carbonyl (C=O) groups excluding carboxylic acids is 1. The zero-order valence-corrected chi connectivity index (χ0v) is 13.1. The summed E-state index contributed by atoms with van der Waals surface area (Å²) in [4.78, 5) is 12.1. The lowest BCUT2D eigenvalue weighted by Crippen LogP contribution is -2.18. The number of rotatable bonds is 5. The fraction of sp³-hybridized carbons (Fsp3) is 0.214. The predicted molar refractivity (Wildman–Crippen MR) is 86.9 cm³/mol. The number of hydrogen-bond donors (Lipinski definition) is 1. The van der Waals surface area contributed by atoms with Crippen molar-refractivity contribution in [3.05, 3.63) is 36.5 Å². The molecule has 1 aromatic carbocycles. The minimum absolute atomic E-state index is 0.0967. The van der Waals surface area contributed by atoms with E-state index in [1.807, 2.05) is 41.1 Å². The van der Waals surface area contributed by atoms with Gasteiger partial charge in [0, 0.05) is 11.7 Å². The van der Waals surface area contributed by atoms with Crippen molar-refractivity contribution in [1.29, 1.82) is 0 Å². The van der Waals surface area contributed by atoms with Crippen molar-refractivity contribution in [2.75, 3.05) is 11.1 Å². The number of benzene rings is 1. The summed E-state index contributed by atoms with van der Waals surface area (Å²) in [5.74, 6) is 0.846. The van der Waals surface area contributed by atoms with Gasteiger partial charge in [0.25, 0.3) is 0 Å². The highest BCUT2D eigenvalue weighted by molar-refractivity contribution is 8.01. The fourth-order valence-corrected chi connectivity index (χ4v) is 3.70. The Bertz CT molecular complexity index is 765. The molecule has 3 aromatic rings. The van der Waals surface area contributed by atoms with Gasteiger partial charge in [-0.15, -0.1) is 10.2 Å². The third-order valence-electron chi connectivity index (χ3n) is 2.91. The SMILES string of the molecule is CCSc1nnc(NC(=O)Cn2ccc3ccccc32)s1.